The lowest BCUT2D eigenvalue weighted by Crippen LogP contribution is -2.43. The van der Waals surface area contributed by atoms with Gasteiger partial charge in [-0.3, -0.25) is 9.69 Å². The van der Waals surface area contributed by atoms with Gasteiger partial charge >= 0.3 is 0 Å². The van der Waals surface area contributed by atoms with Crippen LogP contribution in [0.1, 0.15) is 17.5 Å². The maximum Gasteiger partial charge on any atom is 0.227 e. The first-order valence-corrected chi connectivity index (χ1v) is 10.8. The van der Waals surface area contributed by atoms with Crippen LogP contribution in [0, 0.1) is 0 Å². The summed E-state index contributed by atoms with van der Waals surface area (Å²) in [6.07, 6.45) is 0.306. The maximum absolute atomic E-state index is 12.7. The van der Waals surface area contributed by atoms with Crippen molar-refractivity contribution in [3.63, 3.8) is 0 Å². The van der Waals surface area contributed by atoms with E-state index in [1.807, 2.05) is 12.1 Å². The second kappa shape index (κ2) is 9.60. The molecule has 1 saturated heterocycles. The van der Waals surface area contributed by atoms with E-state index in [1.165, 1.54) is 16.8 Å². The minimum Gasteiger partial charge on any atom is -0.375 e. The number of likely N-dealkylation sites (N-methyl/N-ethyl adjacent to an activating group) is 2. The number of carbonyl (C=O) groups is 1. The number of hydrogen-bond acceptors (Lipinski definition) is 5. The van der Waals surface area contributed by atoms with Crippen LogP contribution in [0.15, 0.2) is 48.5 Å². The molecule has 1 atom stereocenters. The van der Waals surface area contributed by atoms with Crippen molar-refractivity contribution < 1.29 is 9.53 Å². The fourth-order valence-corrected chi connectivity index (χ4v) is 4.25. The lowest BCUT2D eigenvalue weighted by Gasteiger charge is -2.32. The summed E-state index contributed by atoms with van der Waals surface area (Å²) in [6.45, 7) is 6.19. The predicted molar refractivity (Wildman–Crippen MR) is 121 cm³/mol. The summed E-state index contributed by atoms with van der Waals surface area (Å²) >= 11 is 0. The van der Waals surface area contributed by atoms with E-state index >= 15 is 0 Å². The van der Waals surface area contributed by atoms with Crippen LogP contribution in [-0.4, -0.2) is 68.7 Å². The Balaban J connectivity index is 1.33. The molecule has 6 heteroatoms. The second-order valence-corrected chi connectivity index (χ2v) is 8.47. The maximum atomic E-state index is 12.7. The van der Waals surface area contributed by atoms with Crippen molar-refractivity contribution in [3.8, 4) is 0 Å². The summed E-state index contributed by atoms with van der Waals surface area (Å²) in [7, 11) is 4.25. The molecule has 6 nitrogen and oxygen atoms in total. The number of nitrogens with zero attached hydrogens (tertiary/aromatic N) is 3. The van der Waals surface area contributed by atoms with Crippen LogP contribution in [0.4, 0.5) is 11.4 Å². The number of ether oxygens (including phenoxy) is 1. The highest BCUT2D eigenvalue weighted by Crippen LogP contribution is 2.27. The molecule has 2 aromatic carbocycles. The molecule has 0 spiro atoms. The third kappa shape index (κ3) is 5.39. The lowest BCUT2D eigenvalue weighted by atomic mass is 10.1. The minimum atomic E-state index is -0.0698. The summed E-state index contributed by atoms with van der Waals surface area (Å²) in [5.41, 5.74) is 4.64. The SMILES string of the molecule is CN1CCN(C)c2cc(NC(=O)C[C@@H]3CN(Cc4ccccc4)CCO3)ccc2C1. The van der Waals surface area contributed by atoms with Gasteiger partial charge in [0.05, 0.1) is 19.1 Å². The van der Waals surface area contributed by atoms with Crippen molar-refractivity contribution in [2.45, 2.75) is 25.6 Å². The molecule has 4 rings (SSSR count). The fourth-order valence-electron chi connectivity index (χ4n) is 4.25. The van der Waals surface area contributed by atoms with E-state index < -0.39 is 0 Å². The normalized spacial score (nSPS) is 20.5. The molecule has 160 valence electrons. The van der Waals surface area contributed by atoms with Crippen LogP contribution in [0.25, 0.3) is 0 Å². The van der Waals surface area contributed by atoms with Crippen molar-refractivity contribution >= 4 is 17.3 Å². The fraction of sp³-hybridized carbons (Fsp3) is 0.458. The Morgan fingerprint density at radius 2 is 1.93 bits per heavy atom. The number of hydrogen-bond donors (Lipinski definition) is 1. The smallest absolute Gasteiger partial charge is 0.227 e. The molecule has 2 aliphatic rings. The van der Waals surface area contributed by atoms with Crippen molar-refractivity contribution in [2.75, 3.05) is 57.1 Å². The van der Waals surface area contributed by atoms with E-state index in [9.17, 15) is 4.79 Å². The van der Waals surface area contributed by atoms with Crippen LogP contribution in [0.3, 0.4) is 0 Å². The van der Waals surface area contributed by atoms with Gasteiger partial charge in [-0.05, 0) is 30.3 Å². The molecule has 0 aliphatic carbocycles. The van der Waals surface area contributed by atoms with E-state index in [-0.39, 0.29) is 12.0 Å². The summed E-state index contributed by atoms with van der Waals surface area (Å²) < 4.78 is 5.87. The zero-order valence-corrected chi connectivity index (χ0v) is 18.0. The number of fused-ring (bicyclic) bond motifs is 1. The van der Waals surface area contributed by atoms with Crippen molar-refractivity contribution in [2.24, 2.45) is 0 Å². The third-order valence-corrected chi connectivity index (χ3v) is 5.92. The number of benzene rings is 2. The molecular weight excluding hydrogens is 376 g/mol. The Kier molecular flexibility index (Phi) is 6.67. The molecule has 2 aliphatic heterocycles. The predicted octanol–water partition coefficient (Wildman–Crippen LogP) is 2.80. The zero-order chi connectivity index (χ0) is 20.9. The van der Waals surface area contributed by atoms with E-state index in [4.69, 9.17) is 4.74 Å². The van der Waals surface area contributed by atoms with Crippen molar-refractivity contribution in [1.29, 1.82) is 0 Å². The van der Waals surface area contributed by atoms with Gasteiger partial charge in [0.25, 0.3) is 0 Å². The zero-order valence-electron chi connectivity index (χ0n) is 18.0. The van der Waals surface area contributed by atoms with Gasteiger partial charge in [0.2, 0.25) is 5.91 Å². The quantitative estimate of drug-likeness (QED) is 0.825. The first-order valence-electron chi connectivity index (χ1n) is 10.8. The van der Waals surface area contributed by atoms with E-state index in [0.717, 1.165) is 45.0 Å². The van der Waals surface area contributed by atoms with E-state index in [1.54, 1.807) is 0 Å². The van der Waals surface area contributed by atoms with Crippen LogP contribution in [-0.2, 0) is 22.6 Å². The number of nitrogens with one attached hydrogen (secondary N) is 1. The van der Waals surface area contributed by atoms with E-state index in [0.29, 0.717) is 13.0 Å². The molecule has 0 aromatic heterocycles. The van der Waals surface area contributed by atoms with Crippen molar-refractivity contribution in [1.82, 2.24) is 9.80 Å². The summed E-state index contributed by atoms with van der Waals surface area (Å²) in [4.78, 5) is 19.6. The summed E-state index contributed by atoms with van der Waals surface area (Å²) in [5, 5.41) is 3.08. The molecule has 1 fully saturated rings. The van der Waals surface area contributed by atoms with Gasteiger partial charge in [-0.1, -0.05) is 36.4 Å². The Labute approximate surface area is 179 Å². The standard InChI is InChI=1S/C24H32N4O2/c1-26-10-11-27(2)23-14-21(9-8-20(23)17-26)25-24(29)15-22-18-28(12-13-30-22)16-19-6-4-3-5-7-19/h3-9,14,22H,10-13,15-18H2,1-2H3,(H,25,29)/t22-/m1/s1. The minimum absolute atomic E-state index is 0.00917. The van der Waals surface area contributed by atoms with Crippen LogP contribution in [0.2, 0.25) is 0 Å². The van der Waals surface area contributed by atoms with Gasteiger partial charge in [-0.2, -0.15) is 0 Å². The Morgan fingerprint density at radius 3 is 2.77 bits per heavy atom. The van der Waals surface area contributed by atoms with Crippen LogP contribution < -0.4 is 10.2 Å². The molecule has 1 amide bonds. The number of morpholine rings is 1. The largest absolute Gasteiger partial charge is 0.375 e. The summed E-state index contributed by atoms with van der Waals surface area (Å²) in [5.74, 6) is 0.00917. The molecule has 1 N–H and O–H groups in total. The van der Waals surface area contributed by atoms with Gasteiger partial charge in [0.15, 0.2) is 0 Å². The third-order valence-electron chi connectivity index (χ3n) is 5.92. The molecular formula is C24H32N4O2. The topological polar surface area (TPSA) is 48.0 Å². The van der Waals surface area contributed by atoms with Gasteiger partial charge in [0.1, 0.15) is 0 Å². The molecule has 0 radical (unpaired) electrons. The highest BCUT2D eigenvalue weighted by atomic mass is 16.5. The Morgan fingerprint density at radius 1 is 1.10 bits per heavy atom. The number of carbonyl (C=O) groups excluding carboxylic acids is 1. The van der Waals surface area contributed by atoms with Gasteiger partial charge in [-0.15, -0.1) is 0 Å². The molecule has 0 unspecified atom stereocenters. The van der Waals surface area contributed by atoms with Gasteiger partial charge in [0, 0.05) is 57.7 Å². The second-order valence-electron chi connectivity index (χ2n) is 8.47. The molecule has 30 heavy (non-hydrogen) atoms. The van der Waals surface area contributed by atoms with Crippen molar-refractivity contribution in [3.05, 3.63) is 59.7 Å². The van der Waals surface area contributed by atoms with Gasteiger partial charge in [-0.25, -0.2) is 0 Å². The molecule has 0 saturated carbocycles. The summed E-state index contributed by atoms with van der Waals surface area (Å²) in [6, 6.07) is 16.7. The van der Waals surface area contributed by atoms with E-state index in [2.05, 4.69) is 70.5 Å². The van der Waals surface area contributed by atoms with Crippen LogP contribution in [0.5, 0.6) is 0 Å². The average Bonchev–Trinajstić information content (AvgIpc) is 2.87. The highest BCUT2D eigenvalue weighted by Gasteiger charge is 2.23. The van der Waals surface area contributed by atoms with Gasteiger partial charge < -0.3 is 19.9 Å². The lowest BCUT2D eigenvalue weighted by molar-refractivity contribution is -0.121. The van der Waals surface area contributed by atoms with Crippen LogP contribution >= 0.6 is 0 Å². The Hall–Kier alpha value is -2.41. The average molecular weight is 409 g/mol. The number of amides is 1. The monoisotopic (exact) mass is 408 g/mol. The first-order chi connectivity index (χ1) is 14.6. The highest BCUT2D eigenvalue weighted by molar-refractivity contribution is 5.91. The molecule has 2 aromatic rings. The number of rotatable bonds is 5. The number of anilines is 2. The Bertz CT molecular complexity index is 858. The first kappa shape index (κ1) is 20.8. The molecule has 2 heterocycles. The molecule has 0 bridgehead atoms.